The van der Waals surface area contributed by atoms with Gasteiger partial charge in [-0.25, -0.2) is 9.59 Å². The standard InChI is InChI=1S/C36H42N2O10/c1-6-46-36(41)48-28-11-7-20(15-29(28)43-3)8-12-31(39)47-30-16-21-19-38-14-13-24-23-10-9-22(42-2)17-26(23)37-33(24)27(38)18-25(21)32(34(30)44-4)35(40)45-5/h7-12,15,17,21,25,27,30,32,34,37H,6,13-14,16,18-19H2,1-5H3/b12-8+. The molecule has 256 valence electrons. The van der Waals surface area contributed by atoms with Crippen molar-refractivity contribution in [2.24, 2.45) is 17.8 Å². The van der Waals surface area contributed by atoms with Gasteiger partial charge in [-0.3, -0.25) is 9.69 Å². The van der Waals surface area contributed by atoms with Crippen LogP contribution < -0.4 is 14.2 Å². The van der Waals surface area contributed by atoms with E-state index in [0.717, 1.165) is 37.2 Å². The Labute approximate surface area is 279 Å². The van der Waals surface area contributed by atoms with Crippen LogP contribution in [0.4, 0.5) is 4.79 Å². The highest BCUT2D eigenvalue weighted by molar-refractivity contribution is 5.88. The van der Waals surface area contributed by atoms with Gasteiger partial charge in [0.15, 0.2) is 11.5 Å². The van der Waals surface area contributed by atoms with Crippen molar-refractivity contribution >= 4 is 35.1 Å². The number of methoxy groups -OCH3 is 4. The van der Waals surface area contributed by atoms with Crippen molar-refractivity contribution < 1.29 is 47.5 Å². The number of hydrogen-bond donors (Lipinski definition) is 1. The van der Waals surface area contributed by atoms with Crippen LogP contribution in [0, 0.1) is 17.8 Å². The molecule has 3 heterocycles. The third kappa shape index (κ3) is 6.46. The molecule has 6 atom stereocenters. The number of aromatic nitrogens is 1. The molecule has 2 aromatic carbocycles. The van der Waals surface area contributed by atoms with E-state index in [1.54, 1.807) is 45.4 Å². The number of H-pyrrole nitrogens is 1. The zero-order chi connectivity index (χ0) is 33.9. The first-order valence-corrected chi connectivity index (χ1v) is 16.2. The average Bonchev–Trinajstić information content (AvgIpc) is 3.47. The van der Waals surface area contributed by atoms with E-state index in [-0.39, 0.29) is 36.2 Å². The van der Waals surface area contributed by atoms with Gasteiger partial charge in [-0.2, -0.15) is 0 Å². The van der Waals surface area contributed by atoms with Gasteiger partial charge in [0.05, 0.1) is 39.9 Å². The molecule has 12 heteroatoms. The van der Waals surface area contributed by atoms with Crippen LogP contribution in [0.2, 0.25) is 0 Å². The maximum atomic E-state index is 13.4. The number of esters is 2. The fourth-order valence-electron chi connectivity index (χ4n) is 7.82. The Morgan fingerprint density at radius 3 is 2.56 bits per heavy atom. The first-order valence-electron chi connectivity index (χ1n) is 16.2. The third-order valence-electron chi connectivity index (χ3n) is 9.92. The molecule has 1 aliphatic carbocycles. The summed E-state index contributed by atoms with van der Waals surface area (Å²) in [5, 5.41) is 1.20. The van der Waals surface area contributed by atoms with E-state index in [4.69, 9.17) is 33.2 Å². The topological polar surface area (TPSA) is 135 Å². The van der Waals surface area contributed by atoms with E-state index in [2.05, 4.69) is 16.0 Å². The van der Waals surface area contributed by atoms with Gasteiger partial charge in [0.25, 0.3) is 0 Å². The zero-order valence-corrected chi connectivity index (χ0v) is 27.9. The predicted octanol–water partition coefficient (Wildman–Crippen LogP) is 5.09. The van der Waals surface area contributed by atoms with Gasteiger partial charge in [0.1, 0.15) is 18.0 Å². The van der Waals surface area contributed by atoms with E-state index in [1.165, 1.54) is 36.9 Å². The monoisotopic (exact) mass is 662 g/mol. The molecule has 0 amide bonds. The molecule has 6 unspecified atom stereocenters. The van der Waals surface area contributed by atoms with Crippen molar-refractivity contribution in [2.75, 3.05) is 48.1 Å². The maximum Gasteiger partial charge on any atom is 0.513 e. The Bertz CT molecular complexity index is 1700. The molecule has 0 radical (unpaired) electrons. The molecular formula is C36H42N2O10. The van der Waals surface area contributed by atoms with E-state index in [1.807, 2.05) is 12.1 Å². The molecule has 3 aliphatic rings. The summed E-state index contributed by atoms with van der Waals surface area (Å²) in [4.78, 5) is 44.5. The van der Waals surface area contributed by atoms with E-state index in [0.29, 0.717) is 17.7 Å². The zero-order valence-electron chi connectivity index (χ0n) is 27.9. The summed E-state index contributed by atoms with van der Waals surface area (Å²) < 4.78 is 38.0. The lowest BCUT2D eigenvalue weighted by Crippen LogP contribution is -2.58. The highest BCUT2D eigenvalue weighted by Crippen LogP contribution is 2.50. The summed E-state index contributed by atoms with van der Waals surface area (Å²) >= 11 is 0. The minimum absolute atomic E-state index is 0.0242. The number of nitrogens with one attached hydrogen (secondary N) is 1. The number of nitrogens with zero attached hydrogens (tertiary/aromatic N) is 1. The van der Waals surface area contributed by atoms with Crippen LogP contribution in [0.1, 0.15) is 42.6 Å². The van der Waals surface area contributed by atoms with Crippen molar-refractivity contribution in [3.05, 3.63) is 59.3 Å². The minimum atomic E-state index is -0.840. The first kappa shape index (κ1) is 33.4. The van der Waals surface area contributed by atoms with Crippen LogP contribution in [0.25, 0.3) is 17.0 Å². The van der Waals surface area contributed by atoms with Gasteiger partial charge in [-0.15, -0.1) is 0 Å². The predicted molar refractivity (Wildman–Crippen MR) is 175 cm³/mol. The van der Waals surface area contributed by atoms with Crippen LogP contribution in [0.5, 0.6) is 17.2 Å². The molecular weight excluding hydrogens is 620 g/mol. The lowest BCUT2D eigenvalue weighted by molar-refractivity contribution is -0.187. The number of fused-ring (bicyclic) bond motifs is 6. The number of carbonyl (C=O) groups excluding carboxylic acids is 3. The van der Waals surface area contributed by atoms with Crippen LogP contribution >= 0.6 is 0 Å². The fourth-order valence-corrected chi connectivity index (χ4v) is 7.82. The molecule has 1 aromatic heterocycles. The average molecular weight is 663 g/mol. The van der Waals surface area contributed by atoms with Gasteiger partial charge >= 0.3 is 18.1 Å². The molecule has 6 rings (SSSR count). The van der Waals surface area contributed by atoms with Gasteiger partial charge in [0, 0.05) is 48.9 Å². The Morgan fingerprint density at radius 1 is 1.00 bits per heavy atom. The van der Waals surface area contributed by atoms with Gasteiger partial charge in [-0.1, -0.05) is 6.07 Å². The number of piperidine rings is 1. The second kappa shape index (κ2) is 14.3. The van der Waals surface area contributed by atoms with Crippen molar-refractivity contribution in [3.8, 4) is 17.2 Å². The van der Waals surface area contributed by atoms with Crippen molar-refractivity contribution in [3.63, 3.8) is 0 Å². The lowest BCUT2D eigenvalue weighted by atomic mass is 9.63. The number of hydrogen-bond acceptors (Lipinski definition) is 11. The second-order valence-corrected chi connectivity index (χ2v) is 12.3. The molecule has 48 heavy (non-hydrogen) atoms. The van der Waals surface area contributed by atoms with Crippen LogP contribution in [0.15, 0.2) is 42.5 Å². The quantitative estimate of drug-likeness (QED) is 0.142. The van der Waals surface area contributed by atoms with Crippen molar-refractivity contribution in [1.82, 2.24) is 9.88 Å². The van der Waals surface area contributed by atoms with E-state index < -0.39 is 30.3 Å². The highest BCUT2D eigenvalue weighted by Gasteiger charge is 2.54. The Hall–Kier alpha value is -4.55. The Kier molecular flexibility index (Phi) is 9.93. The van der Waals surface area contributed by atoms with E-state index in [9.17, 15) is 14.4 Å². The number of ether oxygens (including phenoxy) is 7. The summed E-state index contributed by atoms with van der Waals surface area (Å²) in [7, 11) is 6.04. The molecule has 12 nitrogen and oxygen atoms in total. The van der Waals surface area contributed by atoms with Crippen LogP contribution in [0.3, 0.4) is 0 Å². The molecule has 1 saturated heterocycles. The first-order chi connectivity index (χ1) is 23.3. The summed E-state index contributed by atoms with van der Waals surface area (Å²) in [5.41, 5.74) is 4.18. The van der Waals surface area contributed by atoms with Crippen molar-refractivity contribution in [1.29, 1.82) is 0 Å². The molecule has 3 aromatic rings. The van der Waals surface area contributed by atoms with Crippen LogP contribution in [-0.2, 0) is 35.0 Å². The van der Waals surface area contributed by atoms with Crippen molar-refractivity contribution in [2.45, 2.75) is 44.4 Å². The summed E-state index contributed by atoms with van der Waals surface area (Å²) in [6.45, 7) is 3.52. The summed E-state index contributed by atoms with van der Waals surface area (Å²) in [6, 6.07) is 11.1. The molecule has 0 bridgehead atoms. The third-order valence-corrected chi connectivity index (χ3v) is 9.92. The number of aromatic amines is 1. The van der Waals surface area contributed by atoms with E-state index >= 15 is 0 Å². The van der Waals surface area contributed by atoms with Crippen LogP contribution in [-0.4, -0.2) is 88.3 Å². The number of rotatable bonds is 9. The molecule has 2 fully saturated rings. The maximum absolute atomic E-state index is 13.4. The smallest absolute Gasteiger partial charge is 0.497 e. The van der Waals surface area contributed by atoms with Gasteiger partial charge < -0.3 is 38.1 Å². The molecule has 2 aliphatic heterocycles. The number of benzene rings is 2. The second-order valence-electron chi connectivity index (χ2n) is 12.3. The number of carbonyl (C=O) groups is 3. The largest absolute Gasteiger partial charge is 0.513 e. The normalized spacial score (nSPS) is 25.0. The molecule has 0 spiro atoms. The fraction of sp³-hybridized carbons (Fsp3) is 0.472. The summed E-state index contributed by atoms with van der Waals surface area (Å²) in [5.74, 6) is -0.177. The molecule has 1 N–H and O–H groups in total. The SMILES string of the molecule is CCOC(=O)Oc1ccc(/C=C/C(=O)OC2CC3CN4CCc5c([nH]c6cc(OC)ccc56)C4CC3C(C(=O)OC)C2OC)cc1OC. The van der Waals surface area contributed by atoms with Gasteiger partial charge in [-0.05, 0) is 79.5 Å². The molecule has 1 saturated carbocycles. The van der Waals surface area contributed by atoms with Gasteiger partial charge in [0.2, 0.25) is 0 Å². The summed E-state index contributed by atoms with van der Waals surface area (Å²) in [6.07, 6.45) is 2.97. The minimum Gasteiger partial charge on any atom is -0.497 e. The Morgan fingerprint density at radius 2 is 1.83 bits per heavy atom. The lowest BCUT2D eigenvalue weighted by Gasteiger charge is -2.52. The Balaban J connectivity index is 1.19. The highest BCUT2D eigenvalue weighted by atomic mass is 16.7.